The van der Waals surface area contributed by atoms with E-state index in [0.29, 0.717) is 15.1 Å². The van der Waals surface area contributed by atoms with Crippen molar-refractivity contribution >= 4 is 28.8 Å². The first-order valence-corrected chi connectivity index (χ1v) is 15.0. The number of methoxy groups -OCH3 is 1. The minimum Gasteiger partial charge on any atom is -0.496 e. The van der Waals surface area contributed by atoms with Gasteiger partial charge in [0, 0.05) is 23.3 Å². The number of rotatable bonds is 7. The predicted molar refractivity (Wildman–Crippen MR) is 170 cm³/mol. The highest BCUT2D eigenvalue weighted by Crippen LogP contribution is 2.43. The van der Waals surface area contributed by atoms with Crippen LogP contribution >= 0.6 is 11.3 Å². The first kappa shape index (κ1) is 27.5. The predicted octanol–water partition coefficient (Wildman–Crippen LogP) is 5.81. The van der Waals surface area contributed by atoms with E-state index < -0.39 is 4.92 Å². The lowest BCUT2D eigenvalue weighted by molar-refractivity contribution is -0.384. The van der Waals surface area contributed by atoms with Crippen LogP contribution in [0, 0.1) is 10.1 Å². The Bertz CT molecular complexity index is 2130. The van der Waals surface area contributed by atoms with Gasteiger partial charge in [0.05, 0.1) is 28.3 Å². The summed E-state index contributed by atoms with van der Waals surface area (Å²) in [6, 6.07) is 29.7. The number of aromatic nitrogens is 1. The van der Waals surface area contributed by atoms with Crippen molar-refractivity contribution in [2.24, 2.45) is 4.99 Å². The zero-order valence-electron chi connectivity index (χ0n) is 23.8. The number of non-ortho nitro benzene ring substituents is 1. The van der Waals surface area contributed by atoms with Gasteiger partial charge < -0.3 is 9.47 Å². The van der Waals surface area contributed by atoms with Crippen molar-refractivity contribution in [3.8, 4) is 11.5 Å². The minimum absolute atomic E-state index is 0.0372. The van der Waals surface area contributed by atoms with Gasteiger partial charge in [-0.05, 0) is 71.5 Å². The number of benzene rings is 4. The third kappa shape index (κ3) is 5.01. The summed E-state index contributed by atoms with van der Waals surface area (Å²) in [7, 11) is 1.66. The number of fused-ring (bicyclic) bond motifs is 3. The van der Waals surface area contributed by atoms with Gasteiger partial charge in [-0.1, -0.05) is 65.9 Å². The summed E-state index contributed by atoms with van der Waals surface area (Å²) >= 11 is 1.38. The number of hydrogen-bond acceptors (Lipinski definition) is 7. The average molecular weight is 602 g/mol. The van der Waals surface area contributed by atoms with Gasteiger partial charge in [-0.2, -0.15) is 0 Å². The summed E-state index contributed by atoms with van der Waals surface area (Å²) in [5.74, 6) is 1.36. The van der Waals surface area contributed by atoms with Crippen LogP contribution in [-0.2, 0) is 13.0 Å². The summed E-state index contributed by atoms with van der Waals surface area (Å²) in [6.45, 7) is 0.259. The molecule has 218 valence electrons. The zero-order valence-corrected chi connectivity index (χ0v) is 24.6. The van der Waals surface area contributed by atoms with Crippen LogP contribution in [0.15, 0.2) is 112 Å². The molecule has 7 rings (SSSR count). The smallest absolute Gasteiger partial charge is 0.271 e. The molecule has 0 saturated carbocycles. The van der Waals surface area contributed by atoms with Gasteiger partial charge >= 0.3 is 0 Å². The van der Waals surface area contributed by atoms with Crippen LogP contribution in [0.4, 0.5) is 5.69 Å². The van der Waals surface area contributed by atoms with Crippen LogP contribution in [0.5, 0.6) is 11.5 Å². The second kappa shape index (κ2) is 11.4. The molecule has 0 unspecified atom stereocenters. The zero-order chi connectivity index (χ0) is 30.2. The highest BCUT2D eigenvalue weighted by molar-refractivity contribution is 7.07. The van der Waals surface area contributed by atoms with Gasteiger partial charge in [0.25, 0.3) is 11.2 Å². The third-order valence-corrected chi connectivity index (χ3v) is 9.00. The van der Waals surface area contributed by atoms with E-state index >= 15 is 0 Å². The molecule has 9 heteroatoms. The van der Waals surface area contributed by atoms with E-state index in [1.807, 2.05) is 65.2 Å². The molecular formula is C35H27N3O5S. The highest BCUT2D eigenvalue weighted by Gasteiger charge is 2.34. The number of thiazole rings is 1. The van der Waals surface area contributed by atoms with E-state index in [1.165, 1.54) is 29.0 Å². The minimum atomic E-state index is -0.426. The average Bonchev–Trinajstić information content (AvgIpc) is 3.36. The van der Waals surface area contributed by atoms with Crippen molar-refractivity contribution in [1.82, 2.24) is 4.57 Å². The van der Waals surface area contributed by atoms with Crippen molar-refractivity contribution in [3.63, 3.8) is 0 Å². The van der Waals surface area contributed by atoms with Crippen molar-refractivity contribution in [3.05, 3.63) is 160 Å². The Labute approximate surface area is 256 Å². The molecule has 0 N–H and O–H groups in total. The van der Waals surface area contributed by atoms with Gasteiger partial charge in [0.1, 0.15) is 18.1 Å². The summed E-state index contributed by atoms with van der Waals surface area (Å²) in [6.07, 6.45) is 3.56. The second-order valence-electron chi connectivity index (χ2n) is 10.6. The fourth-order valence-electron chi connectivity index (χ4n) is 5.92. The topological polar surface area (TPSA) is 96.0 Å². The standard InChI is InChI=1S/C35H27N3O5S/c1-42-30-12-5-4-11-28(30)33-29-18-15-24-8-2-3-10-27(24)32(29)36-35-37(33)34(39)31(44-35)20-23-7-6-9-26(19-23)43-21-22-13-16-25(17-14-22)38(40)41/h2-14,16-17,19-20,33H,15,18,21H2,1H3/b31-20+/t33-/m1/s1. The van der Waals surface area contributed by atoms with Crippen molar-refractivity contribution in [2.75, 3.05) is 7.11 Å². The Morgan fingerprint density at radius 1 is 1.00 bits per heavy atom. The molecule has 0 amide bonds. The Hall–Kier alpha value is -5.28. The van der Waals surface area contributed by atoms with Crippen LogP contribution in [0.1, 0.15) is 40.3 Å². The van der Waals surface area contributed by atoms with Gasteiger partial charge in [0.15, 0.2) is 4.80 Å². The molecule has 1 aromatic heterocycles. The molecule has 0 spiro atoms. The molecule has 0 bridgehead atoms. The summed E-state index contributed by atoms with van der Waals surface area (Å²) < 4.78 is 14.1. The first-order valence-electron chi connectivity index (χ1n) is 14.2. The van der Waals surface area contributed by atoms with Crippen LogP contribution < -0.4 is 24.4 Å². The van der Waals surface area contributed by atoms with E-state index in [2.05, 4.69) is 18.2 Å². The van der Waals surface area contributed by atoms with Crippen molar-refractivity contribution in [2.45, 2.75) is 25.5 Å². The van der Waals surface area contributed by atoms with Crippen molar-refractivity contribution in [1.29, 1.82) is 0 Å². The Morgan fingerprint density at radius 2 is 1.80 bits per heavy atom. The number of hydrogen-bond donors (Lipinski definition) is 0. The number of allylic oxidation sites excluding steroid dienone is 1. The van der Waals surface area contributed by atoms with Crippen molar-refractivity contribution < 1.29 is 14.4 Å². The summed E-state index contributed by atoms with van der Waals surface area (Å²) in [4.78, 5) is 30.4. The van der Waals surface area contributed by atoms with Gasteiger partial charge in [0.2, 0.25) is 0 Å². The molecule has 1 aliphatic heterocycles. The Kier molecular flexibility index (Phi) is 7.15. The molecule has 1 atom stereocenters. The lowest BCUT2D eigenvalue weighted by Crippen LogP contribution is -2.39. The number of nitro benzene ring substituents is 1. The molecule has 0 saturated heterocycles. The van der Waals surface area contributed by atoms with Crippen LogP contribution in [0.2, 0.25) is 0 Å². The quantitative estimate of drug-likeness (QED) is 0.173. The maximum absolute atomic E-state index is 14.1. The molecular weight excluding hydrogens is 574 g/mol. The summed E-state index contributed by atoms with van der Waals surface area (Å²) in [5.41, 5.74) is 6.94. The maximum Gasteiger partial charge on any atom is 0.271 e. The largest absolute Gasteiger partial charge is 0.496 e. The van der Waals surface area contributed by atoms with E-state index in [0.717, 1.165) is 52.1 Å². The second-order valence-corrected chi connectivity index (χ2v) is 11.6. The van der Waals surface area contributed by atoms with E-state index in [4.69, 9.17) is 14.5 Å². The molecule has 4 aromatic carbocycles. The lowest BCUT2D eigenvalue weighted by Gasteiger charge is -2.31. The SMILES string of the molecule is COc1ccccc1[C@@H]1C2=C(N=c3s/c(=C/c4cccc(OCc5ccc([N+](=O)[O-])cc5)c4)c(=O)n31)c1ccccc1CC2. The number of nitrogens with zero attached hydrogens (tertiary/aromatic N) is 3. The van der Waals surface area contributed by atoms with Crippen LogP contribution in [0.3, 0.4) is 0 Å². The lowest BCUT2D eigenvalue weighted by atomic mass is 9.83. The maximum atomic E-state index is 14.1. The molecule has 5 aromatic rings. The Balaban J connectivity index is 1.28. The molecule has 0 fully saturated rings. The fourth-order valence-corrected chi connectivity index (χ4v) is 6.92. The first-order chi connectivity index (χ1) is 21.5. The molecule has 0 radical (unpaired) electrons. The third-order valence-electron chi connectivity index (χ3n) is 8.01. The highest BCUT2D eigenvalue weighted by atomic mass is 32.1. The monoisotopic (exact) mass is 601 g/mol. The van der Waals surface area contributed by atoms with E-state index in [1.54, 1.807) is 19.2 Å². The van der Waals surface area contributed by atoms with Crippen LogP contribution in [0.25, 0.3) is 11.8 Å². The van der Waals surface area contributed by atoms with Gasteiger partial charge in [-0.3, -0.25) is 19.5 Å². The fraction of sp³-hybridized carbons (Fsp3) is 0.143. The molecule has 8 nitrogen and oxygen atoms in total. The van der Waals surface area contributed by atoms with E-state index in [9.17, 15) is 14.9 Å². The number of para-hydroxylation sites is 1. The number of aryl methyl sites for hydroxylation is 1. The Morgan fingerprint density at radius 3 is 2.61 bits per heavy atom. The molecule has 1 aliphatic carbocycles. The van der Waals surface area contributed by atoms with E-state index in [-0.39, 0.29) is 23.9 Å². The normalized spacial score (nSPS) is 15.6. The van der Waals surface area contributed by atoms with Gasteiger partial charge in [-0.25, -0.2) is 4.99 Å². The van der Waals surface area contributed by atoms with Gasteiger partial charge in [-0.15, -0.1) is 0 Å². The molecule has 44 heavy (non-hydrogen) atoms. The molecule has 2 heterocycles. The number of ether oxygens (including phenoxy) is 2. The van der Waals surface area contributed by atoms with Crippen LogP contribution in [-0.4, -0.2) is 16.6 Å². The molecule has 2 aliphatic rings. The summed E-state index contributed by atoms with van der Waals surface area (Å²) in [5, 5.41) is 10.9. The number of nitro groups is 1.